The van der Waals surface area contributed by atoms with Crippen molar-refractivity contribution in [3.63, 3.8) is 0 Å². The Labute approximate surface area is 121 Å². The molecule has 0 aliphatic heterocycles. The molecule has 2 nitrogen and oxygen atoms in total. The van der Waals surface area contributed by atoms with Crippen LogP contribution in [0.25, 0.3) is 0 Å². The second-order valence-corrected chi connectivity index (χ2v) is 5.36. The topological polar surface area (TPSA) is 35.8 Å². The van der Waals surface area contributed by atoms with Crippen molar-refractivity contribution in [2.45, 2.75) is 0 Å². The van der Waals surface area contributed by atoms with Gasteiger partial charge in [0, 0.05) is 14.6 Å². The molecule has 0 amide bonds. The molecular formula is C13H7Br2FN2. The molecule has 0 saturated carbocycles. The average molecular weight is 370 g/mol. The number of hydrogen-bond acceptors (Lipinski definition) is 2. The summed E-state index contributed by atoms with van der Waals surface area (Å²) in [5.74, 6) is -0.323. The molecule has 0 spiro atoms. The standard InChI is InChI=1S/C13H7Br2FN2/c14-9-3-8(7-17)4-11(5-9)18-13-6-10(16)1-2-12(13)15/h1-6,18H. The van der Waals surface area contributed by atoms with Gasteiger partial charge in [0.25, 0.3) is 0 Å². The van der Waals surface area contributed by atoms with Crippen molar-refractivity contribution in [3.8, 4) is 6.07 Å². The van der Waals surface area contributed by atoms with Crippen LogP contribution < -0.4 is 5.32 Å². The Morgan fingerprint density at radius 3 is 2.61 bits per heavy atom. The van der Waals surface area contributed by atoms with Crippen molar-refractivity contribution in [3.05, 3.63) is 56.7 Å². The molecule has 2 rings (SSSR count). The molecule has 5 heteroatoms. The fraction of sp³-hybridized carbons (Fsp3) is 0. The van der Waals surface area contributed by atoms with E-state index in [-0.39, 0.29) is 5.82 Å². The number of hydrogen-bond donors (Lipinski definition) is 1. The predicted molar refractivity (Wildman–Crippen MR) is 76.2 cm³/mol. The molecule has 18 heavy (non-hydrogen) atoms. The SMILES string of the molecule is N#Cc1cc(Br)cc(Nc2cc(F)ccc2Br)c1. The predicted octanol–water partition coefficient (Wildman–Crippen LogP) is 4.97. The molecular weight excluding hydrogens is 363 g/mol. The monoisotopic (exact) mass is 368 g/mol. The minimum Gasteiger partial charge on any atom is -0.354 e. The first-order valence-electron chi connectivity index (χ1n) is 5.01. The van der Waals surface area contributed by atoms with Gasteiger partial charge in [-0.15, -0.1) is 0 Å². The second-order valence-electron chi connectivity index (χ2n) is 3.59. The summed E-state index contributed by atoms with van der Waals surface area (Å²) in [4.78, 5) is 0. The van der Waals surface area contributed by atoms with Crippen LogP contribution in [0.1, 0.15) is 5.56 Å². The summed E-state index contributed by atoms with van der Waals surface area (Å²) in [5, 5.41) is 11.9. The molecule has 0 aliphatic carbocycles. The van der Waals surface area contributed by atoms with E-state index in [1.807, 2.05) is 6.07 Å². The van der Waals surface area contributed by atoms with E-state index in [9.17, 15) is 4.39 Å². The van der Waals surface area contributed by atoms with Gasteiger partial charge in [0.2, 0.25) is 0 Å². The van der Waals surface area contributed by atoms with Gasteiger partial charge in [-0.1, -0.05) is 15.9 Å². The Hall–Kier alpha value is -1.38. The highest BCUT2D eigenvalue weighted by molar-refractivity contribution is 9.10. The van der Waals surface area contributed by atoms with E-state index in [0.29, 0.717) is 16.9 Å². The molecule has 0 fully saturated rings. The highest BCUT2D eigenvalue weighted by Crippen LogP contribution is 2.28. The summed E-state index contributed by atoms with van der Waals surface area (Å²) in [5.41, 5.74) is 1.85. The fourth-order valence-corrected chi connectivity index (χ4v) is 2.31. The molecule has 0 aliphatic rings. The van der Waals surface area contributed by atoms with Crippen molar-refractivity contribution in [2.75, 3.05) is 5.32 Å². The third kappa shape index (κ3) is 3.09. The van der Waals surface area contributed by atoms with Crippen LogP contribution in [0.3, 0.4) is 0 Å². The van der Waals surface area contributed by atoms with E-state index in [1.165, 1.54) is 12.1 Å². The van der Waals surface area contributed by atoms with Crippen molar-refractivity contribution in [1.82, 2.24) is 0 Å². The lowest BCUT2D eigenvalue weighted by Gasteiger charge is -2.09. The maximum absolute atomic E-state index is 13.2. The Balaban J connectivity index is 2.37. The minimum absolute atomic E-state index is 0.323. The molecule has 2 aromatic carbocycles. The molecule has 0 atom stereocenters. The highest BCUT2D eigenvalue weighted by atomic mass is 79.9. The first-order valence-corrected chi connectivity index (χ1v) is 6.60. The first kappa shape index (κ1) is 13.1. The minimum atomic E-state index is -0.323. The van der Waals surface area contributed by atoms with Crippen LogP contribution in [-0.2, 0) is 0 Å². The van der Waals surface area contributed by atoms with Gasteiger partial charge >= 0.3 is 0 Å². The van der Waals surface area contributed by atoms with E-state index in [2.05, 4.69) is 43.2 Å². The van der Waals surface area contributed by atoms with Gasteiger partial charge in [-0.25, -0.2) is 4.39 Å². The van der Waals surface area contributed by atoms with Crippen molar-refractivity contribution < 1.29 is 4.39 Å². The number of anilines is 2. The summed E-state index contributed by atoms with van der Waals surface area (Å²) < 4.78 is 14.7. The van der Waals surface area contributed by atoms with Crippen molar-refractivity contribution in [2.24, 2.45) is 0 Å². The molecule has 0 aromatic heterocycles. The van der Waals surface area contributed by atoms with Gasteiger partial charge < -0.3 is 5.32 Å². The first-order chi connectivity index (χ1) is 8.58. The van der Waals surface area contributed by atoms with E-state index in [1.54, 1.807) is 18.2 Å². The molecule has 2 aromatic rings. The second kappa shape index (κ2) is 5.51. The zero-order valence-electron chi connectivity index (χ0n) is 9.05. The van der Waals surface area contributed by atoms with Crippen LogP contribution in [0.4, 0.5) is 15.8 Å². The van der Waals surface area contributed by atoms with Gasteiger partial charge in [0.05, 0.1) is 17.3 Å². The normalized spacial score (nSPS) is 9.89. The van der Waals surface area contributed by atoms with Gasteiger partial charge in [-0.2, -0.15) is 5.26 Å². The van der Waals surface area contributed by atoms with Gasteiger partial charge in [0.1, 0.15) is 5.82 Å². The summed E-state index contributed by atoms with van der Waals surface area (Å²) in [6.45, 7) is 0. The van der Waals surface area contributed by atoms with E-state index in [4.69, 9.17) is 5.26 Å². The van der Waals surface area contributed by atoms with E-state index < -0.39 is 0 Å². The number of nitriles is 1. The summed E-state index contributed by atoms with van der Waals surface area (Å²) in [6.07, 6.45) is 0. The van der Waals surface area contributed by atoms with Crippen LogP contribution in [-0.4, -0.2) is 0 Å². The van der Waals surface area contributed by atoms with E-state index >= 15 is 0 Å². The Morgan fingerprint density at radius 2 is 1.89 bits per heavy atom. The maximum Gasteiger partial charge on any atom is 0.125 e. The number of nitrogens with zero attached hydrogens (tertiary/aromatic N) is 1. The van der Waals surface area contributed by atoms with E-state index in [0.717, 1.165) is 8.95 Å². The lowest BCUT2D eigenvalue weighted by Crippen LogP contribution is -1.93. The molecule has 0 heterocycles. The van der Waals surface area contributed by atoms with Gasteiger partial charge in [-0.3, -0.25) is 0 Å². The Bertz CT molecular complexity index is 635. The van der Waals surface area contributed by atoms with Crippen LogP contribution >= 0.6 is 31.9 Å². The van der Waals surface area contributed by atoms with Crippen molar-refractivity contribution in [1.29, 1.82) is 5.26 Å². The quantitative estimate of drug-likeness (QED) is 0.811. The smallest absolute Gasteiger partial charge is 0.125 e. The molecule has 0 saturated heterocycles. The van der Waals surface area contributed by atoms with Gasteiger partial charge in [0.15, 0.2) is 0 Å². The van der Waals surface area contributed by atoms with Crippen molar-refractivity contribution >= 4 is 43.2 Å². The fourth-order valence-electron chi connectivity index (χ4n) is 1.48. The zero-order valence-corrected chi connectivity index (χ0v) is 12.2. The molecule has 90 valence electrons. The number of rotatable bonds is 2. The molecule has 0 bridgehead atoms. The lowest BCUT2D eigenvalue weighted by atomic mass is 10.2. The highest BCUT2D eigenvalue weighted by Gasteiger charge is 2.04. The molecule has 0 radical (unpaired) electrons. The Kier molecular flexibility index (Phi) is 4.00. The number of halogens is 3. The number of nitrogens with one attached hydrogen (secondary N) is 1. The summed E-state index contributed by atoms with van der Waals surface area (Å²) >= 11 is 6.66. The average Bonchev–Trinajstić information content (AvgIpc) is 2.33. The summed E-state index contributed by atoms with van der Waals surface area (Å²) in [6, 6.07) is 11.7. The third-order valence-corrected chi connectivity index (χ3v) is 3.38. The lowest BCUT2D eigenvalue weighted by molar-refractivity contribution is 0.628. The maximum atomic E-state index is 13.2. The Morgan fingerprint density at radius 1 is 1.11 bits per heavy atom. The molecule has 0 unspecified atom stereocenters. The number of benzene rings is 2. The van der Waals surface area contributed by atoms with Crippen LogP contribution in [0.15, 0.2) is 45.3 Å². The van der Waals surface area contributed by atoms with Crippen LogP contribution in [0, 0.1) is 17.1 Å². The zero-order chi connectivity index (χ0) is 13.1. The molecule has 1 N–H and O–H groups in total. The van der Waals surface area contributed by atoms with Crippen LogP contribution in [0.5, 0.6) is 0 Å². The van der Waals surface area contributed by atoms with Crippen LogP contribution in [0.2, 0.25) is 0 Å². The largest absolute Gasteiger partial charge is 0.354 e. The summed E-state index contributed by atoms with van der Waals surface area (Å²) in [7, 11) is 0. The third-order valence-electron chi connectivity index (χ3n) is 2.23. The van der Waals surface area contributed by atoms with Gasteiger partial charge in [-0.05, 0) is 52.3 Å².